The second-order valence-corrected chi connectivity index (χ2v) is 1.34. The van der Waals surface area contributed by atoms with Crippen LogP contribution in [0.25, 0.3) is 0 Å². The fraction of sp³-hybridized carbons (Fsp3) is 0. The summed E-state index contributed by atoms with van der Waals surface area (Å²) in [5.74, 6) is 0.322. The Labute approximate surface area is 55.8 Å². The fourth-order valence-corrected chi connectivity index (χ4v) is 0.428. The molecular weight excluding hydrogens is 135 g/mol. The highest BCUT2D eigenvalue weighted by Gasteiger charge is 1.74. The molecule has 0 heterocycles. The Morgan fingerprint density at radius 2 is 1.56 bits per heavy atom. The van der Waals surface area contributed by atoms with Crippen molar-refractivity contribution < 1.29 is 9.67 Å². The lowest BCUT2D eigenvalue weighted by atomic mass is 10.3. The number of rotatable bonds is 0. The quantitative estimate of drug-likeness (QED) is 0.561. The third kappa shape index (κ3) is 3.68. The van der Waals surface area contributed by atoms with Gasteiger partial charge in [-0.3, -0.25) is 4.57 Å². The van der Waals surface area contributed by atoms with Crippen molar-refractivity contribution in [3.8, 4) is 5.75 Å². The Balaban J connectivity index is 0.000000291. The first-order valence-electron chi connectivity index (χ1n) is 2.34. The van der Waals surface area contributed by atoms with E-state index in [1.165, 1.54) is 0 Å². The minimum Gasteiger partial charge on any atom is -0.508 e. The van der Waals surface area contributed by atoms with Crippen molar-refractivity contribution >= 4 is 9.12 Å². The van der Waals surface area contributed by atoms with Crippen molar-refractivity contribution in [3.05, 3.63) is 30.3 Å². The molecule has 0 saturated heterocycles. The molecule has 0 bridgehead atoms. The zero-order valence-corrected chi connectivity index (χ0v) is 5.74. The predicted octanol–water partition coefficient (Wildman–Crippen LogP) is 1.87. The number of phenols is 1. The van der Waals surface area contributed by atoms with Gasteiger partial charge >= 0.3 is 0 Å². The van der Waals surface area contributed by atoms with Crippen LogP contribution in [0.15, 0.2) is 30.3 Å². The predicted molar refractivity (Wildman–Crippen MR) is 37.1 cm³/mol. The van der Waals surface area contributed by atoms with Crippen molar-refractivity contribution in [2.75, 3.05) is 0 Å². The summed E-state index contributed by atoms with van der Waals surface area (Å²) in [6.07, 6.45) is 0. The molecule has 1 rings (SSSR count). The number of phenolic OH excluding ortho intramolecular Hbond substituents is 1. The van der Waals surface area contributed by atoms with Gasteiger partial charge in [0.15, 0.2) is 0 Å². The van der Waals surface area contributed by atoms with Crippen LogP contribution in [0, 0.1) is 0 Å². The van der Waals surface area contributed by atoms with Crippen molar-refractivity contribution in [3.63, 3.8) is 0 Å². The van der Waals surface area contributed by atoms with Crippen LogP contribution < -0.4 is 0 Å². The van der Waals surface area contributed by atoms with Gasteiger partial charge in [-0.05, 0) is 12.1 Å². The molecule has 1 N–H and O–H groups in total. The SMILES string of the molecule is O=P.Oc1ccccc1. The Hall–Kier alpha value is -0.880. The van der Waals surface area contributed by atoms with Crippen molar-refractivity contribution in [1.29, 1.82) is 0 Å². The number of benzene rings is 1. The standard InChI is InChI=1S/C6H6O.HOP/c7-6-4-2-1-3-5-6;1-2/h1-5,7H;2H. The maximum Gasteiger partial charge on any atom is 0.138 e. The summed E-state index contributed by atoms with van der Waals surface area (Å²) in [5, 5.41) is 8.63. The molecule has 0 unspecified atom stereocenters. The first-order valence-corrected chi connectivity index (χ1v) is 2.75. The molecule has 1 aromatic rings. The summed E-state index contributed by atoms with van der Waals surface area (Å²) in [6.45, 7) is 0. The van der Waals surface area contributed by atoms with Gasteiger partial charge in [-0.25, -0.2) is 0 Å². The van der Waals surface area contributed by atoms with E-state index >= 15 is 0 Å². The van der Waals surface area contributed by atoms with E-state index in [0.717, 1.165) is 0 Å². The maximum absolute atomic E-state index is 8.63. The summed E-state index contributed by atoms with van der Waals surface area (Å²) in [4.78, 5) is 0. The van der Waals surface area contributed by atoms with Gasteiger partial charge < -0.3 is 5.11 Å². The number of aromatic hydroxyl groups is 1. The molecule has 0 aliphatic heterocycles. The van der Waals surface area contributed by atoms with Gasteiger partial charge in [0, 0.05) is 0 Å². The topological polar surface area (TPSA) is 37.3 Å². The van der Waals surface area contributed by atoms with E-state index in [1.54, 1.807) is 33.4 Å². The van der Waals surface area contributed by atoms with Crippen LogP contribution in [-0.2, 0) is 4.57 Å². The zero-order chi connectivity index (χ0) is 7.11. The molecule has 0 atom stereocenters. The molecule has 0 aliphatic rings. The van der Waals surface area contributed by atoms with Gasteiger partial charge in [-0.15, -0.1) is 0 Å². The highest BCUT2D eigenvalue weighted by atomic mass is 31.0. The molecule has 3 heteroatoms. The van der Waals surface area contributed by atoms with Gasteiger partial charge in [-0.1, -0.05) is 18.2 Å². The lowest BCUT2D eigenvalue weighted by molar-refractivity contribution is 0.475. The van der Waals surface area contributed by atoms with E-state index in [9.17, 15) is 0 Å². The lowest BCUT2D eigenvalue weighted by Gasteiger charge is -1.82. The first kappa shape index (κ1) is 8.12. The van der Waals surface area contributed by atoms with Crippen LogP contribution in [0.2, 0.25) is 0 Å². The molecular formula is C6H7O2P. The molecule has 9 heavy (non-hydrogen) atoms. The normalized spacial score (nSPS) is 7.11. The first-order chi connectivity index (χ1) is 4.39. The fourth-order valence-electron chi connectivity index (χ4n) is 0.428. The molecule has 0 aliphatic carbocycles. The van der Waals surface area contributed by atoms with Gasteiger partial charge in [0.25, 0.3) is 0 Å². The van der Waals surface area contributed by atoms with E-state index < -0.39 is 0 Å². The highest BCUT2D eigenvalue weighted by molar-refractivity contribution is 7.00. The summed E-state index contributed by atoms with van der Waals surface area (Å²) in [5.41, 5.74) is 0. The Morgan fingerprint density at radius 3 is 1.78 bits per heavy atom. The van der Waals surface area contributed by atoms with Crippen LogP contribution in [0.3, 0.4) is 0 Å². The third-order valence-corrected chi connectivity index (χ3v) is 0.756. The Kier molecular flexibility index (Phi) is 4.75. The molecule has 2 nitrogen and oxygen atoms in total. The summed E-state index contributed by atoms with van der Waals surface area (Å²) in [6, 6.07) is 8.71. The van der Waals surface area contributed by atoms with E-state index in [2.05, 4.69) is 0 Å². The molecule has 0 saturated carbocycles. The third-order valence-electron chi connectivity index (χ3n) is 0.756. The molecule has 1 aromatic carbocycles. The van der Waals surface area contributed by atoms with E-state index in [4.69, 9.17) is 9.67 Å². The molecule has 0 amide bonds. The summed E-state index contributed by atoms with van der Waals surface area (Å²) >= 11 is 0. The Bertz CT molecular complexity index is 152. The second-order valence-electron chi connectivity index (χ2n) is 1.34. The van der Waals surface area contributed by atoms with Crippen molar-refractivity contribution in [2.45, 2.75) is 0 Å². The van der Waals surface area contributed by atoms with Crippen LogP contribution in [0.4, 0.5) is 0 Å². The average molecular weight is 142 g/mol. The minimum absolute atomic E-state index is 0.322. The molecule has 0 spiro atoms. The molecule has 48 valence electrons. The largest absolute Gasteiger partial charge is 0.508 e. The summed E-state index contributed by atoms with van der Waals surface area (Å²) < 4.78 is 8.06. The smallest absolute Gasteiger partial charge is 0.138 e. The van der Waals surface area contributed by atoms with E-state index in [-0.39, 0.29) is 0 Å². The second kappa shape index (κ2) is 5.26. The maximum atomic E-state index is 8.63. The monoisotopic (exact) mass is 142 g/mol. The number of hydrogen-bond donors (Lipinski definition) is 1. The van der Waals surface area contributed by atoms with E-state index in [0.29, 0.717) is 5.75 Å². The molecule has 0 fully saturated rings. The van der Waals surface area contributed by atoms with E-state index in [1.807, 2.05) is 6.07 Å². The summed E-state index contributed by atoms with van der Waals surface area (Å²) in [7, 11) is 1.72. The van der Waals surface area contributed by atoms with Gasteiger partial charge in [-0.2, -0.15) is 0 Å². The van der Waals surface area contributed by atoms with Crippen LogP contribution in [0.1, 0.15) is 0 Å². The molecule has 0 radical (unpaired) electrons. The van der Waals surface area contributed by atoms with Gasteiger partial charge in [0.1, 0.15) is 14.9 Å². The minimum atomic E-state index is 0.322. The lowest BCUT2D eigenvalue weighted by Crippen LogP contribution is -1.56. The number of hydrogen-bond acceptors (Lipinski definition) is 2. The van der Waals surface area contributed by atoms with Crippen molar-refractivity contribution in [2.24, 2.45) is 0 Å². The average Bonchev–Trinajstić information content (AvgIpc) is 1.94. The Morgan fingerprint density at radius 1 is 1.11 bits per heavy atom. The van der Waals surface area contributed by atoms with Gasteiger partial charge in [0.2, 0.25) is 0 Å². The van der Waals surface area contributed by atoms with Gasteiger partial charge in [0.05, 0.1) is 0 Å². The van der Waals surface area contributed by atoms with Crippen LogP contribution >= 0.6 is 9.12 Å². The van der Waals surface area contributed by atoms with Crippen LogP contribution in [-0.4, -0.2) is 5.11 Å². The number of para-hydroxylation sites is 1. The molecule has 0 aromatic heterocycles. The van der Waals surface area contributed by atoms with Crippen LogP contribution in [0.5, 0.6) is 5.75 Å². The highest BCUT2D eigenvalue weighted by Crippen LogP contribution is 2.02. The van der Waals surface area contributed by atoms with Crippen molar-refractivity contribution in [1.82, 2.24) is 0 Å². The zero-order valence-electron chi connectivity index (χ0n) is 4.74.